The highest BCUT2D eigenvalue weighted by atomic mass is 16.6. The Labute approximate surface area is 169 Å². The summed E-state index contributed by atoms with van der Waals surface area (Å²) < 4.78 is 7.36. The van der Waals surface area contributed by atoms with Gasteiger partial charge in [-0.1, -0.05) is 0 Å². The SMILES string of the molecule is Cc1c(-c2cnn(C)c2)[nH]c2nccc(N3CCN(C(=O)OC4CCC4)CC3)c12. The van der Waals surface area contributed by atoms with Crippen LogP contribution in [-0.2, 0) is 11.8 Å². The average Bonchev–Trinajstić information content (AvgIpc) is 3.28. The van der Waals surface area contributed by atoms with Gasteiger partial charge >= 0.3 is 6.09 Å². The fourth-order valence-electron chi connectivity index (χ4n) is 4.19. The standard InChI is InChI=1S/C21H26N6O2/c1-14-18-17(6-7-22-20(18)24-19(14)15-12-23-25(2)13-15)26-8-10-27(11-9-26)21(28)29-16-4-3-5-16/h6-7,12-13,16H,3-5,8-11H2,1-2H3,(H,22,24). The van der Waals surface area contributed by atoms with E-state index in [1.165, 1.54) is 12.0 Å². The highest BCUT2D eigenvalue weighted by molar-refractivity contribution is 5.97. The quantitative estimate of drug-likeness (QED) is 0.739. The first kappa shape index (κ1) is 18.0. The number of fused-ring (bicyclic) bond motifs is 1. The molecule has 0 spiro atoms. The van der Waals surface area contributed by atoms with Crippen molar-refractivity contribution in [1.29, 1.82) is 0 Å². The maximum atomic E-state index is 12.3. The number of aromatic amines is 1. The number of carbonyl (C=O) groups is 1. The fourth-order valence-corrected chi connectivity index (χ4v) is 4.19. The Balaban J connectivity index is 1.37. The highest BCUT2D eigenvalue weighted by Crippen LogP contribution is 2.35. The van der Waals surface area contributed by atoms with Crippen molar-refractivity contribution >= 4 is 22.8 Å². The number of hydrogen-bond donors (Lipinski definition) is 1. The van der Waals surface area contributed by atoms with E-state index in [-0.39, 0.29) is 12.2 Å². The number of carbonyl (C=O) groups excluding carboxylic acids is 1. The minimum absolute atomic E-state index is 0.133. The summed E-state index contributed by atoms with van der Waals surface area (Å²) in [5.74, 6) is 0. The molecule has 152 valence electrons. The minimum Gasteiger partial charge on any atom is -0.446 e. The number of rotatable bonds is 3. The molecular formula is C21H26N6O2. The molecule has 1 amide bonds. The molecule has 1 aliphatic heterocycles. The van der Waals surface area contributed by atoms with Crippen LogP contribution in [0.4, 0.5) is 10.5 Å². The molecule has 3 aromatic heterocycles. The van der Waals surface area contributed by atoms with E-state index in [9.17, 15) is 4.79 Å². The molecule has 2 fully saturated rings. The zero-order valence-electron chi connectivity index (χ0n) is 16.9. The summed E-state index contributed by atoms with van der Waals surface area (Å²) in [4.78, 5) is 24.5. The predicted octanol–water partition coefficient (Wildman–Crippen LogP) is 3.08. The van der Waals surface area contributed by atoms with Crippen LogP contribution in [0.3, 0.4) is 0 Å². The lowest BCUT2D eigenvalue weighted by molar-refractivity contribution is 0.0260. The van der Waals surface area contributed by atoms with E-state index in [1.54, 1.807) is 4.68 Å². The van der Waals surface area contributed by atoms with Gasteiger partial charge in [0.25, 0.3) is 0 Å². The number of ether oxygens (including phenoxy) is 1. The molecule has 2 aliphatic rings. The predicted molar refractivity (Wildman–Crippen MR) is 111 cm³/mol. The lowest BCUT2D eigenvalue weighted by Gasteiger charge is -2.37. The van der Waals surface area contributed by atoms with Gasteiger partial charge in [0.1, 0.15) is 11.8 Å². The van der Waals surface area contributed by atoms with Crippen LogP contribution in [0.1, 0.15) is 24.8 Å². The van der Waals surface area contributed by atoms with Crippen LogP contribution < -0.4 is 4.90 Å². The van der Waals surface area contributed by atoms with Crippen LogP contribution in [0.25, 0.3) is 22.3 Å². The second kappa shape index (κ2) is 7.09. The normalized spacial score (nSPS) is 17.6. The Bertz CT molecular complexity index is 1040. The number of amides is 1. The Kier molecular flexibility index (Phi) is 4.41. The van der Waals surface area contributed by atoms with Crippen molar-refractivity contribution in [3.05, 3.63) is 30.2 Å². The van der Waals surface area contributed by atoms with E-state index in [1.807, 2.05) is 30.5 Å². The third-order valence-corrected chi connectivity index (χ3v) is 6.11. The van der Waals surface area contributed by atoms with E-state index in [0.29, 0.717) is 13.1 Å². The van der Waals surface area contributed by atoms with E-state index in [4.69, 9.17) is 4.74 Å². The molecule has 1 saturated heterocycles. The number of aromatic nitrogens is 4. The molecule has 0 radical (unpaired) electrons. The summed E-state index contributed by atoms with van der Waals surface area (Å²) in [6.45, 7) is 5.04. The van der Waals surface area contributed by atoms with Gasteiger partial charge in [-0.15, -0.1) is 0 Å². The van der Waals surface area contributed by atoms with Gasteiger partial charge in [0.15, 0.2) is 0 Å². The number of piperazine rings is 1. The smallest absolute Gasteiger partial charge is 0.410 e. The molecule has 0 aromatic carbocycles. The first-order chi connectivity index (χ1) is 14.1. The van der Waals surface area contributed by atoms with E-state index < -0.39 is 0 Å². The van der Waals surface area contributed by atoms with Gasteiger partial charge in [0.2, 0.25) is 0 Å². The van der Waals surface area contributed by atoms with Crippen molar-refractivity contribution in [2.75, 3.05) is 31.1 Å². The summed E-state index contributed by atoms with van der Waals surface area (Å²) in [5, 5.41) is 5.42. The summed E-state index contributed by atoms with van der Waals surface area (Å²) in [6, 6.07) is 2.07. The second-order valence-corrected chi connectivity index (χ2v) is 7.99. The van der Waals surface area contributed by atoms with Gasteiger partial charge in [-0.05, 0) is 37.8 Å². The average molecular weight is 394 g/mol. The molecule has 1 saturated carbocycles. The molecule has 0 bridgehead atoms. The lowest BCUT2D eigenvalue weighted by Crippen LogP contribution is -2.50. The van der Waals surface area contributed by atoms with Crippen LogP contribution in [0.2, 0.25) is 0 Å². The van der Waals surface area contributed by atoms with Crippen LogP contribution in [0, 0.1) is 6.92 Å². The van der Waals surface area contributed by atoms with Crippen molar-refractivity contribution in [1.82, 2.24) is 24.6 Å². The van der Waals surface area contributed by atoms with Crippen LogP contribution in [0.5, 0.6) is 0 Å². The Morgan fingerprint density at radius 1 is 1.24 bits per heavy atom. The molecule has 8 nitrogen and oxygen atoms in total. The van der Waals surface area contributed by atoms with Gasteiger partial charge in [0, 0.05) is 62.3 Å². The number of H-pyrrole nitrogens is 1. The molecule has 29 heavy (non-hydrogen) atoms. The number of aryl methyl sites for hydroxylation is 2. The first-order valence-corrected chi connectivity index (χ1v) is 10.3. The molecule has 0 atom stereocenters. The first-order valence-electron chi connectivity index (χ1n) is 10.3. The summed E-state index contributed by atoms with van der Waals surface area (Å²) in [6.07, 6.45) is 8.87. The van der Waals surface area contributed by atoms with Crippen molar-refractivity contribution in [3.63, 3.8) is 0 Å². The Hall–Kier alpha value is -3.03. The largest absolute Gasteiger partial charge is 0.446 e. The maximum Gasteiger partial charge on any atom is 0.410 e. The molecule has 1 aliphatic carbocycles. The molecule has 5 rings (SSSR count). The van der Waals surface area contributed by atoms with Gasteiger partial charge in [-0.25, -0.2) is 9.78 Å². The van der Waals surface area contributed by atoms with Crippen molar-refractivity contribution in [2.45, 2.75) is 32.3 Å². The molecule has 3 aromatic rings. The number of pyridine rings is 1. The van der Waals surface area contributed by atoms with Crippen LogP contribution in [0.15, 0.2) is 24.7 Å². The fraction of sp³-hybridized carbons (Fsp3) is 0.476. The Morgan fingerprint density at radius 3 is 2.69 bits per heavy atom. The van der Waals surface area contributed by atoms with Crippen molar-refractivity contribution in [2.24, 2.45) is 7.05 Å². The van der Waals surface area contributed by atoms with Gasteiger partial charge < -0.3 is 19.5 Å². The van der Waals surface area contributed by atoms with Crippen LogP contribution in [-0.4, -0.2) is 63.0 Å². The minimum atomic E-state index is -0.161. The van der Waals surface area contributed by atoms with Crippen molar-refractivity contribution < 1.29 is 9.53 Å². The number of nitrogens with one attached hydrogen (secondary N) is 1. The second-order valence-electron chi connectivity index (χ2n) is 7.99. The number of hydrogen-bond acceptors (Lipinski definition) is 5. The third-order valence-electron chi connectivity index (χ3n) is 6.11. The monoisotopic (exact) mass is 394 g/mol. The molecule has 8 heteroatoms. The summed E-state index contributed by atoms with van der Waals surface area (Å²) in [5.41, 5.74) is 5.31. The summed E-state index contributed by atoms with van der Waals surface area (Å²) in [7, 11) is 1.92. The molecule has 4 heterocycles. The van der Waals surface area contributed by atoms with Crippen LogP contribution >= 0.6 is 0 Å². The maximum absolute atomic E-state index is 12.3. The Morgan fingerprint density at radius 2 is 2.03 bits per heavy atom. The highest BCUT2D eigenvalue weighted by Gasteiger charge is 2.28. The van der Waals surface area contributed by atoms with Gasteiger partial charge in [-0.3, -0.25) is 4.68 Å². The van der Waals surface area contributed by atoms with E-state index >= 15 is 0 Å². The lowest BCUT2D eigenvalue weighted by atomic mass is 9.96. The van der Waals surface area contributed by atoms with Crippen molar-refractivity contribution in [3.8, 4) is 11.3 Å². The topological polar surface area (TPSA) is 79.3 Å². The molecular weight excluding hydrogens is 368 g/mol. The van der Waals surface area contributed by atoms with E-state index in [2.05, 4.69) is 33.0 Å². The van der Waals surface area contributed by atoms with Gasteiger partial charge in [0.05, 0.1) is 11.9 Å². The zero-order valence-corrected chi connectivity index (χ0v) is 16.9. The molecule has 0 unspecified atom stereocenters. The third kappa shape index (κ3) is 3.22. The molecule has 1 N–H and O–H groups in total. The number of anilines is 1. The summed E-state index contributed by atoms with van der Waals surface area (Å²) >= 11 is 0. The number of nitrogens with zero attached hydrogens (tertiary/aromatic N) is 5. The zero-order chi connectivity index (χ0) is 20.0. The van der Waals surface area contributed by atoms with Gasteiger partial charge in [-0.2, -0.15) is 5.10 Å². The van der Waals surface area contributed by atoms with E-state index in [0.717, 1.165) is 53.9 Å².